The standard InChI is InChI=1S/C46H35F3N4O/c1-29-20-30(2)22-35(21-29)52-28-51(42-16-6-7-17-43(42)52)34-12-9-13-36(25-34)54-37-18-19-39-38-14-4-5-15-41(38)53(44(39)26-37)45-23-31(3)40(27-50-45)32-10-8-11-33(24-32)46(47,48)49/h4-27H,28H2,1-3H3. The second-order valence-electron chi connectivity index (χ2n) is 13.9. The second kappa shape index (κ2) is 12.8. The highest BCUT2D eigenvalue weighted by Gasteiger charge is 2.31. The van der Waals surface area contributed by atoms with E-state index in [1.165, 1.54) is 23.3 Å². The van der Waals surface area contributed by atoms with Gasteiger partial charge in [-0.15, -0.1) is 0 Å². The smallest absolute Gasteiger partial charge is 0.416 e. The predicted molar refractivity (Wildman–Crippen MR) is 212 cm³/mol. The van der Waals surface area contributed by atoms with Crippen LogP contribution in [0.3, 0.4) is 0 Å². The molecule has 0 atom stereocenters. The molecule has 54 heavy (non-hydrogen) atoms. The molecule has 6 aromatic carbocycles. The van der Waals surface area contributed by atoms with Crippen molar-refractivity contribution in [1.29, 1.82) is 0 Å². The molecule has 0 unspecified atom stereocenters. The van der Waals surface area contributed by atoms with Crippen molar-refractivity contribution < 1.29 is 17.9 Å². The zero-order valence-electron chi connectivity index (χ0n) is 29.9. The van der Waals surface area contributed by atoms with Crippen LogP contribution in [0.5, 0.6) is 11.5 Å². The molecule has 0 bridgehead atoms. The number of fused-ring (bicyclic) bond motifs is 4. The SMILES string of the molecule is Cc1cc(C)cc(N2CN(c3cccc(Oc4ccc5c6ccccc6n(-c6cc(C)c(-c7cccc(C(F)(F)F)c7)cn6)c5c4)c3)c3ccccc32)c1. The van der Waals surface area contributed by atoms with E-state index in [1.807, 2.05) is 55.5 Å². The first-order chi connectivity index (χ1) is 26.1. The van der Waals surface area contributed by atoms with Crippen LogP contribution in [-0.2, 0) is 6.18 Å². The highest BCUT2D eigenvalue weighted by atomic mass is 19.4. The highest BCUT2D eigenvalue weighted by molar-refractivity contribution is 6.09. The molecule has 266 valence electrons. The van der Waals surface area contributed by atoms with Crippen molar-refractivity contribution in [3.63, 3.8) is 0 Å². The number of anilines is 4. The molecule has 0 radical (unpaired) electrons. The summed E-state index contributed by atoms with van der Waals surface area (Å²) in [4.78, 5) is 9.46. The van der Waals surface area contributed by atoms with Gasteiger partial charge in [0.15, 0.2) is 0 Å². The first-order valence-corrected chi connectivity index (χ1v) is 17.8. The van der Waals surface area contributed by atoms with Crippen molar-refractivity contribution >= 4 is 44.6 Å². The molecule has 3 heterocycles. The van der Waals surface area contributed by atoms with Crippen molar-refractivity contribution in [2.45, 2.75) is 26.9 Å². The van der Waals surface area contributed by atoms with E-state index in [9.17, 15) is 13.2 Å². The zero-order valence-corrected chi connectivity index (χ0v) is 29.9. The predicted octanol–water partition coefficient (Wildman–Crippen LogP) is 12.8. The minimum absolute atomic E-state index is 0.469. The van der Waals surface area contributed by atoms with Gasteiger partial charge in [0.05, 0.1) is 28.0 Å². The number of nitrogens with zero attached hydrogens (tertiary/aromatic N) is 4. The van der Waals surface area contributed by atoms with Crippen LogP contribution in [-0.4, -0.2) is 16.2 Å². The molecule has 0 aliphatic carbocycles. The lowest BCUT2D eigenvalue weighted by atomic mass is 10.0. The molecular weight excluding hydrogens is 682 g/mol. The molecule has 8 heteroatoms. The molecule has 9 rings (SSSR count). The van der Waals surface area contributed by atoms with E-state index < -0.39 is 11.7 Å². The number of halogens is 3. The second-order valence-corrected chi connectivity index (χ2v) is 13.9. The van der Waals surface area contributed by atoms with E-state index >= 15 is 0 Å². The van der Waals surface area contributed by atoms with Crippen LogP contribution in [0.25, 0.3) is 38.8 Å². The Morgan fingerprint density at radius 1 is 0.593 bits per heavy atom. The number of hydrogen-bond donors (Lipinski definition) is 0. The number of alkyl halides is 3. The third-order valence-electron chi connectivity index (χ3n) is 10.1. The van der Waals surface area contributed by atoms with Crippen molar-refractivity contribution in [2.24, 2.45) is 0 Å². The van der Waals surface area contributed by atoms with Crippen molar-refractivity contribution in [2.75, 3.05) is 16.5 Å². The minimum Gasteiger partial charge on any atom is -0.457 e. The van der Waals surface area contributed by atoms with Crippen LogP contribution in [0.1, 0.15) is 22.3 Å². The van der Waals surface area contributed by atoms with Gasteiger partial charge in [-0.25, -0.2) is 4.98 Å². The summed E-state index contributed by atoms with van der Waals surface area (Å²) >= 11 is 0. The van der Waals surface area contributed by atoms with Crippen molar-refractivity contribution in [3.8, 4) is 28.4 Å². The molecule has 1 aliphatic heterocycles. The van der Waals surface area contributed by atoms with Gasteiger partial charge in [-0.1, -0.05) is 54.6 Å². The van der Waals surface area contributed by atoms with Gasteiger partial charge in [-0.2, -0.15) is 13.2 Å². The van der Waals surface area contributed by atoms with Gasteiger partial charge in [-0.3, -0.25) is 4.57 Å². The normalized spacial score (nSPS) is 12.9. The molecule has 0 saturated heterocycles. The summed E-state index contributed by atoms with van der Waals surface area (Å²) in [5.41, 5.74) is 10.0. The maximum Gasteiger partial charge on any atom is 0.416 e. The van der Waals surface area contributed by atoms with Crippen LogP contribution >= 0.6 is 0 Å². The molecule has 1 aliphatic rings. The lowest BCUT2D eigenvalue weighted by Gasteiger charge is -2.23. The van der Waals surface area contributed by atoms with Gasteiger partial charge in [0.2, 0.25) is 0 Å². The lowest BCUT2D eigenvalue weighted by Crippen LogP contribution is -2.24. The maximum atomic E-state index is 13.5. The molecule has 0 spiro atoms. The summed E-state index contributed by atoms with van der Waals surface area (Å²) in [6, 6.07) is 44.7. The minimum atomic E-state index is -4.43. The van der Waals surface area contributed by atoms with Crippen LogP contribution in [0, 0.1) is 20.8 Å². The van der Waals surface area contributed by atoms with Gasteiger partial charge in [0.25, 0.3) is 0 Å². The maximum absolute atomic E-state index is 13.5. The van der Waals surface area contributed by atoms with Crippen LogP contribution in [0.4, 0.5) is 35.9 Å². The van der Waals surface area contributed by atoms with E-state index in [-0.39, 0.29) is 0 Å². The average Bonchev–Trinajstić information content (AvgIpc) is 3.70. The number of ether oxygens (including phenoxy) is 1. The van der Waals surface area contributed by atoms with E-state index in [4.69, 9.17) is 9.72 Å². The Bertz CT molecular complexity index is 2710. The summed E-state index contributed by atoms with van der Waals surface area (Å²) in [6.45, 7) is 6.82. The van der Waals surface area contributed by atoms with Crippen molar-refractivity contribution in [1.82, 2.24) is 9.55 Å². The lowest BCUT2D eigenvalue weighted by molar-refractivity contribution is -0.137. The third kappa shape index (κ3) is 5.90. The first-order valence-electron chi connectivity index (χ1n) is 17.8. The van der Waals surface area contributed by atoms with Gasteiger partial charge in [0, 0.05) is 46.0 Å². The molecule has 0 amide bonds. The van der Waals surface area contributed by atoms with Gasteiger partial charge in [-0.05, 0) is 116 Å². The fourth-order valence-electron chi connectivity index (χ4n) is 7.70. The largest absolute Gasteiger partial charge is 0.457 e. The number of rotatable bonds is 6. The Kier molecular flexibility index (Phi) is 7.92. The molecule has 2 aromatic heterocycles. The Morgan fingerprint density at radius 3 is 2.04 bits per heavy atom. The number of para-hydroxylation sites is 3. The average molecular weight is 717 g/mol. The molecule has 5 nitrogen and oxygen atoms in total. The molecular formula is C46H35F3N4O. The number of aromatic nitrogens is 2. The Morgan fingerprint density at radius 2 is 1.28 bits per heavy atom. The summed E-state index contributed by atoms with van der Waals surface area (Å²) < 4.78 is 49.2. The summed E-state index contributed by atoms with van der Waals surface area (Å²) in [7, 11) is 0. The summed E-state index contributed by atoms with van der Waals surface area (Å²) in [6.07, 6.45) is -2.77. The Labute approximate surface area is 311 Å². The van der Waals surface area contributed by atoms with Gasteiger partial charge >= 0.3 is 6.18 Å². The van der Waals surface area contributed by atoms with Crippen molar-refractivity contribution in [3.05, 3.63) is 168 Å². The molecule has 0 fully saturated rings. The quantitative estimate of drug-likeness (QED) is 0.172. The molecule has 0 N–H and O–H groups in total. The highest BCUT2D eigenvalue weighted by Crippen LogP contribution is 2.45. The first kappa shape index (κ1) is 33.3. The van der Waals surface area contributed by atoms with E-state index in [1.54, 1.807) is 12.3 Å². The Hall–Kier alpha value is -6.54. The monoisotopic (exact) mass is 716 g/mol. The fraction of sp³-hybridized carbons (Fsp3) is 0.109. The molecule has 8 aromatic rings. The summed E-state index contributed by atoms with van der Waals surface area (Å²) in [5, 5.41) is 2.09. The summed E-state index contributed by atoms with van der Waals surface area (Å²) in [5.74, 6) is 2.03. The Balaban J connectivity index is 1.06. The zero-order chi connectivity index (χ0) is 37.1. The fourth-order valence-corrected chi connectivity index (χ4v) is 7.70. The van der Waals surface area contributed by atoms with Crippen LogP contribution in [0.15, 0.2) is 146 Å². The number of aryl methyl sites for hydroxylation is 3. The topological polar surface area (TPSA) is 33.5 Å². The number of pyridine rings is 1. The van der Waals surface area contributed by atoms with Gasteiger partial charge < -0.3 is 14.5 Å². The van der Waals surface area contributed by atoms with Gasteiger partial charge in [0.1, 0.15) is 24.0 Å². The van der Waals surface area contributed by atoms with E-state index in [0.29, 0.717) is 35.1 Å². The third-order valence-corrected chi connectivity index (χ3v) is 10.1. The van der Waals surface area contributed by atoms with E-state index in [2.05, 4.69) is 94.9 Å². The molecule has 0 saturated carbocycles. The van der Waals surface area contributed by atoms with Crippen LogP contribution < -0.4 is 14.5 Å². The number of benzene rings is 6. The van der Waals surface area contributed by atoms with E-state index in [0.717, 1.165) is 56.2 Å². The number of hydrogen-bond acceptors (Lipinski definition) is 4. The van der Waals surface area contributed by atoms with Crippen LogP contribution in [0.2, 0.25) is 0 Å².